The van der Waals surface area contributed by atoms with E-state index in [-0.39, 0.29) is 39.2 Å². The lowest BCUT2D eigenvalue weighted by Gasteiger charge is -2.44. The minimum atomic E-state index is -0.0763. The number of halogens is 1. The maximum atomic E-state index is 7.82. The first-order chi connectivity index (χ1) is 64.1. The zero-order chi connectivity index (χ0) is 93.0. The SMILES string of the molecule is CC(C)(C)c1ccc(-n2nc3cc4c(cc3n2)N(c2ccccc2)c2cccc3c2B4c2ccc(-n4c5ccc(C(C)(C)C)cc5c5cc(C(C)(C)C)ccc54)cc2N3c2ccccc2)cc1.CC(C)(C)c1ccc(-n2nc3ccc(N(c4ccccc4)c4cccc(N(c5ccccc5)c5cccc(-n6c7ccc(C(C)(C)C)cc7c7cc(C(C)(C)C)ccc76)c5)c4Cl)cc3n2)cc1. The second kappa shape index (κ2) is 32.4. The van der Waals surface area contributed by atoms with Crippen LogP contribution in [0.15, 0.2) is 352 Å². The monoisotopic (exact) mass is 1770 g/mol. The first-order valence-corrected chi connectivity index (χ1v) is 47.3. The minimum absolute atomic E-state index is 0.0104. The number of hydrogen-bond acceptors (Lipinski definition) is 8. The summed E-state index contributed by atoms with van der Waals surface area (Å²) in [5.74, 6) is 0. The molecule has 0 unspecified atom stereocenters. The van der Waals surface area contributed by atoms with Crippen molar-refractivity contribution < 1.29 is 0 Å². The standard InChI is InChI=1S/C60H55BN6.C60H57ClN6/c1-58(2,3)38-23-27-43(28-24-38)67-62-49-36-48-56(37-50(49)63-67)65(42-19-14-11-15-20-42)54-22-16-21-53-57(54)61(48)47-30-29-44(35-55(47)64(53)41-17-12-10-13-18-41)66-51-31-25-39(59(4,5)6)33-45(51)46-34-40(60(7,8)9)26-32-52(46)66;1-58(2,3)40-26-30-45(31-27-40)67-62-51-33-32-48(39-52(51)63-67)65(44-20-14-11-15-21-44)56-25-17-24-55(57(56)61)64(43-18-12-10-13-19-43)46-22-16-23-47(38-46)66-53-34-28-41(59(4,5)6)36-49(53)50-37-42(60(7,8)9)29-35-54(50)66/h10-37H,1-9H3;10-39H,1-9H3. The molecule has 134 heavy (non-hydrogen) atoms. The largest absolute Gasteiger partial charge is 0.311 e. The first kappa shape index (κ1) is 86.2. The molecule has 2 aliphatic heterocycles. The number of fused-ring (bicyclic) bond motifs is 12. The molecule has 0 saturated carbocycles. The van der Waals surface area contributed by atoms with E-state index < -0.39 is 0 Å². The fourth-order valence-corrected chi connectivity index (χ4v) is 20.0. The van der Waals surface area contributed by atoms with E-state index in [2.05, 4.69) is 493 Å². The van der Waals surface area contributed by atoms with Crippen LogP contribution in [0, 0.1) is 0 Å². The van der Waals surface area contributed by atoms with Crippen molar-refractivity contribution >= 4 is 169 Å². The Morgan fingerprint density at radius 2 is 0.567 bits per heavy atom. The van der Waals surface area contributed by atoms with E-state index in [1.807, 2.05) is 12.1 Å². The van der Waals surface area contributed by atoms with E-state index >= 15 is 0 Å². The molecular formula is C120H112BClN12. The lowest BCUT2D eigenvalue weighted by molar-refractivity contribution is 0.589. The first-order valence-electron chi connectivity index (χ1n) is 46.9. The maximum Gasteiger partial charge on any atom is 0.252 e. The Balaban J connectivity index is 0.000000161. The third-order valence-electron chi connectivity index (χ3n) is 27.1. The Morgan fingerprint density at radius 1 is 0.239 bits per heavy atom. The number of para-hydroxylation sites is 4. The molecule has 0 amide bonds. The molecule has 0 N–H and O–H groups in total. The van der Waals surface area contributed by atoms with Gasteiger partial charge in [-0.1, -0.05) is 282 Å². The second-order valence-electron chi connectivity index (χ2n) is 42.4. The van der Waals surface area contributed by atoms with Crippen molar-refractivity contribution in [3.8, 4) is 22.7 Å². The van der Waals surface area contributed by atoms with Crippen molar-refractivity contribution in [3.63, 3.8) is 0 Å². The average molecular weight is 1770 g/mol. The molecule has 22 rings (SSSR count). The van der Waals surface area contributed by atoms with Crippen LogP contribution in [0.3, 0.4) is 0 Å². The molecule has 0 aliphatic carbocycles. The fraction of sp³-hybridized carbons (Fsp3) is 0.200. The predicted molar refractivity (Wildman–Crippen MR) is 567 cm³/mol. The summed E-state index contributed by atoms with van der Waals surface area (Å²) in [7, 11) is 0. The van der Waals surface area contributed by atoms with Gasteiger partial charge in [0, 0.05) is 89.8 Å². The Labute approximate surface area is 792 Å². The molecule has 12 nitrogen and oxygen atoms in total. The number of aromatic nitrogens is 8. The predicted octanol–water partition coefficient (Wildman–Crippen LogP) is 30.5. The van der Waals surface area contributed by atoms with Crippen LogP contribution in [0.1, 0.15) is 158 Å². The van der Waals surface area contributed by atoms with Crippen LogP contribution in [0.2, 0.25) is 5.02 Å². The van der Waals surface area contributed by atoms with Gasteiger partial charge in [0.2, 0.25) is 0 Å². The van der Waals surface area contributed by atoms with Gasteiger partial charge in [0.05, 0.1) is 49.8 Å². The molecule has 20 aromatic rings. The molecule has 14 heteroatoms. The highest BCUT2D eigenvalue weighted by Crippen LogP contribution is 2.51. The lowest BCUT2D eigenvalue weighted by Crippen LogP contribution is -2.61. The van der Waals surface area contributed by atoms with Gasteiger partial charge in [-0.15, -0.1) is 20.4 Å². The van der Waals surface area contributed by atoms with E-state index in [1.54, 1.807) is 9.59 Å². The van der Waals surface area contributed by atoms with Crippen LogP contribution >= 0.6 is 11.6 Å². The molecule has 0 bridgehead atoms. The van der Waals surface area contributed by atoms with Crippen molar-refractivity contribution in [1.82, 2.24) is 39.1 Å². The molecule has 0 radical (unpaired) electrons. The third kappa shape index (κ3) is 15.4. The molecule has 662 valence electrons. The summed E-state index contributed by atoms with van der Waals surface area (Å²) >= 11 is 7.82. The van der Waals surface area contributed by atoms with Crippen LogP contribution in [0.4, 0.5) is 68.2 Å². The van der Waals surface area contributed by atoms with Crippen molar-refractivity contribution in [3.05, 3.63) is 390 Å². The summed E-state index contributed by atoms with van der Waals surface area (Å²) < 4.78 is 4.90. The molecule has 4 aromatic heterocycles. The molecule has 0 fully saturated rings. The summed E-state index contributed by atoms with van der Waals surface area (Å²) in [6.45, 7) is 40.9. The minimum Gasteiger partial charge on any atom is -0.311 e. The average Bonchev–Trinajstić information content (AvgIpc) is 0.891. The third-order valence-corrected chi connectivity index (χ3v) is 27.5. The zero-order valence-corrected chi connectivity index (χ0v) is 80.6. The molecule has 2 aliphatic rings. The van der Waals surface area contributed by atoms with Crippen molar-refractivity contribution in [1.29, 1.82) is 0 Å². The summed E-state index contributed by atoms with van der Waals surface area (Å²) in [5.41, 5.74) is 36.2. The molecule has 16 aromatic carbocycles. The molecular weight excluding hydrogens is 1660 g/mol. The summed E-state index contributed by atoms with van der Waals surface area (Å²) in [4.78, 5) is 12.9. The fourth-order valence-electron chi connectivity index (χ4n) is 19.7. The number of hydrogen-bond donors (Lipinski definition) is 0. The Bertz CT molecular complexity index is 7800. The van der Waals surface area contributed by atoms with E-state index in [0.29, 0.717) is 5.02 Å². The highest BCUT2D eigenvalue weighted by atomic mass is 35.5. The van der Waals surface area contributed by atoms with Gasteiger partial charge >= 0.3 is 0 Å². The van der Waals surface area contributed by atoms with Crippen LogP contribution in [-0.4, -0.2) is 45.8 Å². The van der Waals surface area contributed by atoms with E-state index in [1.165, 1.54) is 99.1 Å². The van der Waals surface area contributed by atoms with Crippen molar-refractivity contribution in [2.75, 3.05) is 19.6 Å². The number of benzene rings is 16. The Kier molecular flexibility index (Phi) is 20.9. The van der Waals surface area contributed by atoms with Gasteiger partial charge in [0.25, 0.3) is 6.71 Å². The van der Waals surface area contributed by atoms with Crippen LogP contribution in [0.5, 0.6) is 0 Å². The lowest BCUT2D eigenvalue weighted by atomic mass is 9.33. The Morgan fingerprint density at radius 3 is 0.985 bits per heavy atom. The highest BCUT2D eigenvalue weighted by molar-refractivity contribution is 7.00. The van der Waals surface area contributed by atoms with Gasteiger partial charge < -0.3 is 28.7 Å². The van der Waals surface area contributed by atoms with Gasteiger partial charge in [-0.05, 0) is 289 Å². The van der Waals surface area contributed by atoms with Crippen LogP contribution in [-0.2, 0) is 32.5 Å². The van der Waals surface area contributed by atoms with Gasteiger partial charge in [0.15, 0.2) is 0 Å². The Hall–Kier alpha value is -14.5. The smallest absolute Gasteiger partial charge is 0.252 e. The second-order valence-corrected chi connectivity index (χ2v) is 42.8. The number of anilines is 12. The number of nitrogens with zero attached hydrogens (tertiary/aromatic N) is 12. The van der Waals surface area contributed by atoms with Crippen molar-refractivity contribution in [2.45, 2.75) is 157 Å². The number of rotatable bonds is 12. The van der Waals surface area contributed by atoms with Gasteiger partial charge in [-0.3, -0.25) is 0 Å². The maximum absolute atomic E-state index is 7.82. The normalized spacial score (nSPS) is 13.0. The van der Waals surface area contributed by atoms with Gasteiger partial charge in [-0.2, -0.15) is 9.59 Å². The van der Waals surface area contributed by atoms with Crippen molar-refractivity contribution in [2.24, 2.45) is 0 Å². The van der Waals surface area contributed by atoms with E-state index in [0.717, 1.165) is 107 Å². The van der Waals surface area contributed by atoms with Crippen LogP contribution < -0.4 is 36.0 Å². The summed E-state index contributed by atoms with van der Waals surface area (Å²) in [5, 5.41) is 25.9. The van der Waals surface area contributed by atoms with Gasteiger partial charge in [-0.25, -0.2) is 0 Å². The molecule has 0 atom stereocenters. The van der Waals surface area contributed by atoms with E-state index in [4.69, 9.17) is 32.0 Å². The van der Waals surface area contributed by atoms with E-state index in [9.17, 15) is 0 Å². The quantitative estimate of drug-likeness (QED) is 0.112. The molecule has 6 heterocycles. The molecule has 0 saturated heterocycles. The summed E-state index contributed by atoms with van der Waals surface area (Å²) in [6, 6.07) is 128. The highest BCUT2D eigenvalue weighted by Gasteiger charge is 2.44. The molecule has 0 spiro atoms. The topological polar surface area (TPSA) is 84.2 Å². The van der Waals surface area contributed by atoms with Crippen LogP contribution in [0.25, 0.3) is 88.4 Å². The summed E-state index contributed by atoms with van der Waals surface area (Å²) in [6.07, 6.45) is 0. The van der Waals surface area contributed by atoms with Gasteiger partial charge in [0.1, 0.15) is 22.1 Å². The zero-order valence-electron chi connectivity index (χ0n) is 79.8.